The summed E-state index contributed by atoms with van der Waals surface area (Å²) in [7, 11) is 0. The maximum atomic E-state index is 12.0. The van der Waals surface area contributed by atoms with Crippen molar-refractivity contribution in [2.45, 2.75) is 20.4 Å². The van der Waals surface area contributed by atoms with Gasteiger partial charge in [-0.1, -0.05) is 41.4 Å². The van der Waals surface area contributed by atoms with E-state index in [0.717, 1.165) is 12.1 Å². The van der Waals surface area contributed by atoms with Crippen LogP contribution in [0.25, 0.3) is 6.08 Å². The van der Waals surface area contributed by atoms with Crippen LogP contribution in [0.4, 0.5) is 0 Å². The number of aryl methyl sites for hydroxylation is 2. The minimum absolute atomic E-state index is 0.0536. The highest BCUT2D eigenvalue weighted by Crippen LogP contribution is 2.16. The van der Waals surface area contributed by atoms with Gasteiger partial charge in [0.25, 0.3) is 0 Å². The van der Waals surface area contributed by atoms with E-state index in [1.165, 1.54) is 6.08 Å². The number of aromatic nitrogens is 2. The molecule has 0 aliphatic heterocycles. The Morgan fingerprint density at radius 1 is 1.37 bits per heavy atom. The van der Waals surface area contributed by atoms with Crippen LogP contribution in [0.1, 0.15) is 28.5 Å². The molecule has 19 heavy (non-hydrogen) atoms. The highest BCUT2D eigenvalue weighted by molar-refractivity contribution is 6.31. The molecular weight excluding hydrogens is 260 g/mol. The Hall–Kier alpha value is -1.87. The van der Waals surface area contributed by atoms with Gasteiger partial charge in [-0.2, -0.15) is 5.10 Å². The minimum atomic E-state index is -0.0536. The van der Waals surface area contributed by atoms with E-state index in [1.54, 1.807) is 17.0 Å². The largest absolute Gasteiger partial charge is 0.289 e. The fraction of sp³-hybridized carbons (Fsp3) is 0.200. The number of rotatable bonds is 4. The Morgan fingerprint density at radius 3 is 2.63 bits per heavy atom. The van der Waals surface area contributed by atoms with Crippen molar-refractivity contribution in [1.29, 1.82) is 0 Å². The number of hydrogen-bond donors (Lipinski definition) is 0. The first-order chi connectivity index (χ1) is 9.10. The fourth-order valence-electron chi connectivity index (χ4n) is 1.66. The van der Waals surface area contributed by atoms with Crippen LogP contribution in [0, 0.1) is 6.92 Å². The fourth-order valence-corrected chi connectivity index (χ4v) is 1.87. The van der Waals surface area contributed by atoms with E-state index in [0.29, 0.717) is 16.3 Å². The monoisotopic (exact) mass is 274 g/mol. The molecule has 98 valence electrons. The number of carbonyl (C=O) groups excluding carboxylic acids is 1. The Balaban J connectivity index is 2.15. The Bertz CT molecular complexity index is 612. The van der Waals surface area contributed by atoms with Gasteiger partial charge in [0, 0.05) is 18.3 Å². The maximum absolute atomic E-state index is 12.0. The summed E-state index contributed by atoms with van der Waals surface area (Å²) in [6, 6.07) is 7.46. The highest BCUT2D eigenvalue weighted by Gasteiger charge is 2.05. The smallest absolute Gasteiger partial charge is 0.185 e. The molecule has 0 atom stereocenters. The van der Waals surface area contributed by atoms with Gasteiger partial charge in [0.05, 0.1) is 5.02 Å². The van der Waals surface area contributed by atoms with Gasteiger partial charge >= 0.3 is 0 Å². The Morgan fingerprint density at radius 2 is 2.05 bits per heavy atom. The third-order valence-electron chi connectivity index (χ3n) is 2.80. The number of nitrogens with zero attached hydrogens (tertiary/aromatic N) is 2. The summed E-state index contributed by atoms with van der Waals surface area (Å²) in [6.07, 6.45) is 4.90. The molecule has 1 heterocycles. The molecule has 0 N–H and O–H groups in total. The van der Waals surface area contributed by atoms with Gasteiger partial charge in [0.2, 0.25) is 0 Å². The first-order valence-corrected chi connectivity index (χ1v) is 6.50. The van der Waals surface area contributed by atoms with Gasteiger partial charge in [0.15, 0.2) is 5.78 Å². The zero-order valence-corrected chi connectivity index (χ0v) is 11.7. The summed E-state index contributed by atoms with van der Waals surface area (Å²) in [6.45, 7) is 4.72. The molecule has 2 aromatic rings. The van der Waals surface area contributed by atoms with Crippen LogP contribution in [0.5, 0.6) is 0 Å². The molecule has 1 aromatic carbocycles. The minimum Gasteiger partial charge on any atom is -0.289 e. The topological polar surface area (TPSA) is 34.9 Å². The predicted octanol–water partition coefficient (Wildman–Crippen LogP) is 3.76. The molecule has 0 amide bonds. The van der Waals surface area contributed by atoms with Crippen molar-refractivity contribution in [3.63, 3.8) is 0 Å². The number of carbonyl (C=O) groups is 1. The Kier molecular flexibility index (Phi) is 4.17. The van der Waals surface area contributed by atoms with Crippen molar-refractivity contribution in [2.24, 2.45) is 0 Å². The molecule has 0 bridgehead atoms. The van der Waals surface area contributed by atoms with Gasteiger partial charge < -0.3 is 0 Å². The summed E-state index contributed by atoms with van der Waals surface area (Å²) in [5.41, 5.74) is 2.40. The van der Waals surface area contributed by atoms with E-state index in [-0.39, 0.29) is 5.78 Å². The van der Waals surface area contributed by atoms with Gasteiger partial charge in [-0.25, -0.2) is 0 Å². The van der Waals surface area contributed by atoms with Crippen LogP contribution < -0.4 is 0 Å². The van der Waals surface area contributed by atoms with Crippen LogP contribution in [0.3, 0.4) is 0 Å². The Labute approximate surface area is 117 Å². The molecule has 4 heteroatoms. The molecule has 0 aliphatic rings. The normalized spacial score (nSPS) is 11.1. The summed E-state index contributed by atoms with van der Waals surface area (Å²) >= 11 is 6.03. The molecule has 3 nitrogen and oxygen atoms in total. The molecule has 0 unspecified atom stereocenters. The van der Waals surface area contributed by atoms with E-state index in [1.807, 2.05) is 38.1 Å². The number of hydrogen-bond acceptors (Lipinski definition) is 2. The van der Waals surface area contributed by atoms with Crippen molar-refractivity contribution in [2.75, 3.05) is 0 Å². The van der Waals surface area contributed by atoms with Crippen molar-refractivity contribution in [3.05, 3.63) is 58.4 Å². The molecule has 2 rings (SSSR count). The molecule has 0 saturated carbocycles. The van der Waals surface area contributed by atoms with Crippen molar-refractivity contribution in [1.82, 2.24) is 9.78 Å². The zero-order chi connectivity index (χ0) is 13.8. The number of benzene rings is 1. The lowest BCUT2D eigenvalue weighted by Gasteiger charge is -1.96. The van der Waals surface area contributed by atoms with Crippen molar-refractivity contribution >= 4 is 23.5 Å². The van der Waals surface area contributed by atoms with Crippen LogP contribution in [-0.4, -0.2) is 15.6 Å². The summed E-state index contributed by atoms with van der Waals surface area (Å²) in [4.78, 5) is 12.0. The van der Waals surface area contributed by atoms with Crippen molar-refractivity contribution < 1.29 is 4.79 Å². The molecule has 0 spiro atoms. The number of ketones is 1. The van der Waals surface area contributed by atoms with E-state index in [9.17, 15) is 4.79 Å². The first-order valence-electron chi connectivity index (χ1n) is 6.12. The molecule has 1 aromatic heterocycles. The SMILES string of the molecule is CCn1cc(Cl)c(/C=C/C(=O)c2ccc(C)cc2)n1. The van der Waals surface area contributed by atoms with Gasteiger partial charge in [-0.05, 0) is 26.0 Å². The van der Waals surface area contributed by atoms with E-state index < -0.39 is 0 Å². The third-order valence-corrected chi connectivity index (χ3v) is 3.09. The average Bonchev–Trinajstić information content (AvgIpc) is 2.77. The van der Waals surface area contributed by atoms with Gasteiger partial charge in [0.1, 0.15) is 5.69 Å². The standard InChI is InChI=1S/C15H15ClN2O/c1-3-18-10-13(16)14(17-18)8-9-15(19)12-6-4-11(2)5-7-12/h4-10H,3H2,1-2H3/b9-8+. The lowest BCUT2D eigenvalue weighted by atomic mass is 10.1. The van der Waals surface area contributed by atoms with Gasteiger partial charge in [-0.15, -0.1) is 0 Å². The van der Waals surface area contributed by atoms with Crippen LogP contribution in [-0.2, 0) is 6.54 Å². The molecule has 0 radical (unpaired) electrons. The molecule has 0 fully saturated rings. The van der Waals surface area contributed by atoms with Crippen molar-refractivity contribution in [3.8, 4) is 0 Å². The summed E-state index contributed by atoms with van der Waals surface area (Å²) in [5.74, 6) is -0.0536. The highest BCUT2D eigenvalue weighted by atomic mass is 35.5. The van der Waals surface area contributed by atoms with Crippen LogP contribution in [0.15, 0.2) is 36.5 Å². The van der Waals surface area contributed by atoms with E-state index in [2.05, 4.69) is 5.10 Å². The van der Waals surface area contributed by atoms with Gasteiger partial charge in [-0.3, -0.25) is 9.48 Å². The van der Waals surface area contributed by atoms with Crippen LogP contribution in [0.2, 0.25) is 5.02 Å². The molecule has 0 saturated heterocycles. The lowest BCUT2D eigenvalue weighted by Crippen LogP contribution is -1.95. The third kappa shape index (κ3) is 3.32. The predicted molar refractivity (Wildman–Crippen MR) is 77.5 cm³/mol. The lowest BCUT2D eigenvalue weighted by molar-refractivity contribution is 0.104. The molecular formula is C15H15ClN2O. The first kappa shape index (κ1) is 13.6. The summed E-state index contributed by atoms with van der Waals surface area (Å²) in [5, 5.41) is 4.80. The molecule has 0 aliphatic carbocycles. The van der Waals surface area contributed by atoms with E-state index in [4.69, 9.17) is 11.6 Å². The van der Waals surface area contributed by atoms with Crippen LogP contribution >= 0.6 is 11.6 Å². The second-order valence-corrected chi connectivity index (χ2v) is 4.69. The zero-order valence-electron chi connectivity index (χ0n) is 10.9. The van der Waals surface area contributed by atoms with E-state index >= 15 is 0 Å². The average molecular weight is 275 g/mol. The second kappa shape index (κ2) is 5.85. The quantitative estimate of drug-likeness (QED) is 0.628. The summed E-state index contributed by atoms with van der Waals surface area (Å²) < 4.78 is 1.73. The number of halogens is 1. The second-order valence-electron chi connectivity index (χ2n) is 4.28. The maximum Gasteiger partial charge on any atom is 0.185 e. The number of allylic oxidation sites excluding steroid dienone is 1.